The molecular weight excluding hydrogens is 198 g/mol. The van der Waals surface area contributed by atoms with Crippen LogP contribution < -0.4 is 4.90 Å². The lowest BCUT2D eigenvalue weighted by atomic mass is 10.00. The van der Waals surface area contributed by atoms with Crippen molar-refractivity contribution in [3.63, 3.8) is 0 Å². The molecule has 1 aromatic carbocycles. The Labute approximate surface area is 97.9 Å². The highest BCUT2D eigenvalue weighted by Crippen LogP contribution is 2.34. The molecule has 1 aliphatic heterocycles. The van der Waals surface area contributed by atoms with E-state index in [-0.39, 0.29) is 11.6 Å². The lowest BCUT2D eigenvalue weighted by Crippen LogP contribution is -2.38. The van der Waals surface area contributed by atoms with Gasteiger partial charge >= 0.3 is 0 Å². The fourth-order valence-corrected chi connectivity index (χ4v) is 2.77. The number of aryl methyl sites for hydroxylation is 2. The van der Waals surface area contributed by atoms with Crippen LogP contribution in [0.15, 0.2) is 18.2 Å². The van der Waals surface area contributed by atoms with Crippen LogP contribution in [0.1, 0.15) is 31.4 Å². The van der Waals surface area contributed by atoms with Crippen LogP contribution in [0.2, 0.25) is 0 Å². The maximum atomic E-state index is 9.79. The molecule has 1 aliphatic rings. The van der Waals surface area contributed by atoms with Crippen molar-refractivity contribution in [1.82, 2.24) is 0 Å². The summed E-state index contributed by atoms with van der Waals surface area (Å²) in [6, 6.07) is 6.59. The zero-order chi connectivity index (χ0) is 11.9. The zero-order valence-electron chi connectivity index (χ0n) is 10.6. The molecule has 2 nitrogen and oxygen atoms in total. The van der Waals surface area contributed by atoms with E-state index in [1.807, 2.05) is 0 Å². The first-order valence-corrected chi connectivity index (χ1v) is 5.92. The molecule has 1 saturated heterocycles. The molecule has 0 saturated carbocycles. The summed E-state index contributed by atoms with van der Waals surface area (Å²) in [5, 5.41) is 9.79. The van der Waals surface area contributed by atoms with Crippen molar-refractivity contribution in [3.05, 3.63) is 29.3 Å². The van der Waals surface area contributed by atoms with Gasteiger partial charge in [0.15, 0.2) is 0 Å². The van der Waals surface area contributed by atoms with Gasteiger partial charge in [-0.25, -0.2) is 0 Å². The van der Waals surface area contributed by atoms with E-state index < -0.39 is 0 Å². The average Bonchev–Trinajstić information content (AvgIpc) is 2.37. The van der Waals surface area contributed by atoms with Crippen LogP contribution >= 0.6 is 0 Å². The molecule has 0 aliphatic carbocycles. The summed E-state index contributed by atoms with van der Waals surface area (Å²) in [7, 11) is 0. The molecule has 1 N–H and O–H groups in total. The van der Waals surface area contributed by atoms with E-state index in [0.717, 1.165) is 13.0 Å². The third-order valence-corrected chi connectivity index (χ3v) is 3.38. The molecular formula is C14H21NO. The van der Waals surface area contributed by atoms with Gasteiger partial charge in [-0.05, 0) is 57.4 Å². The molecule has 0 aromatic heterocycles. The van der Waals surface area contributed by atoms with Gasteiger partial charge in [-0.15, -0.1) is 0 Å². The first-order chi connectivity index (χ1) is 7.38. The molecule has 0 amide bonds. The van der Waals surface area contributed by atoms with Gasteiger partial charge in [0.1, 0.15) is 0 Å². The Morgan fingerprint density at radius 3 is 2.19 bits per heavy atom. The molecule has 16 heavy (non-hydrogen) atoms. The number of aliphatic hydroxyl groups excluding tert-OH is 1. The molecule has 2 rings (SSSR count). The number of anilines is 1. The van der Waals surface area contributed by atoms with Crippen LogP contribution in [0.3, 0.4) is 0 Å². The van der Waals surface area contributed by atoms with Crippen LogP contribution in [-0.4, -0.2) is 23.3 Å². The molecule has 0 radical (unpaired) electrons. The molecule has 1 aromatic rings. The largest absolute Gasteiger partial charge is 0.391 e. The molecule has 0 bridgehead atoms. The first kappa shape index (κ1) is 11.5. The highest BCUT2D eigenvalue weighted by molar-refractivity contribution is 5.54. The van der Waals surface area contributed by atoms with Gasteiger partial charge in [0.25, 0.3) is 0 Å². The van der Waals surface area contributed by atoms with Gasteiger partial charge in [0.2, 0.25) is 0 Å². The fraction of sp³-hybridized carbons (Fsp3) is 0.571. The SMILES string of the molecule is Cc1cc(C)cc(N2CC(O)CC2(C)C)c1. The van der Waals surface area contributed by atoms with E-state index in [1.54, 1.807) is 0 Å². The Morgan fingerprint density at radius 1 is 1.19 bits per heavy atom. The van der Waals surface area contributed by atoms with Gasteiger partial charge in [0, 0.05) is 17.8 Å². The number of nitrogens with zero attached hydrogens (tertiary/aromatic N) is 1. The second-order valence-corrected chi connectivity index (χ2v) is 5.63. The summed E-state index contributed by atoms with van der Waals surface area (Å²) in [4.78, 5) is 2.32. The summed E-state index contributed by atoms with van der Waals surface area (Å²) < 4.78 is 0. The standard InChI is InChI=1S/C14H21NO/c1-10-5-11(2)7-12(6-10)15-9-13(16)8-14(15,3)4/h5-7,13,16H,8-9H2,1-4H3. The van der Waals surface area contributed by atoms with E-state index >= 15 is 0 Å². The highest BCUT2D eigenvalue weighted by Gasteiger charge is 2.37. The maximum Gasteiger partial charge on any atom is 0.0737 e. The van der Waals surface area contributed by atoms with Crippen LogP contribution in [-0.2, 0) is 0 Å². The molecule has 88 valence electrons. The smallest absolute Gasteiger partial charge is 0.0737 e. The van der Waals surface area contributed by atoms with E-state index in [4.69, 9.17) is 0 Å². The molecule has 1 fully saturated rings. The summed E-state index contributed by atoms with van der Waals surface area (Å²) in [6.45, 7) is 9.38. The molecule has 1 heterocycles. The van der Waals surface area contributed by atoms with Crippen molar-refractivity contribution in [2.45, 2.75) is 45.8 Å². The van der Waals surface area contributed by atoms with E-state index in [0.29, 0.717) is 0 Å². The predicted molar refractivity (Wildman–Crippen MR) is 68.0 cm³/mol. The third kappa shape index (κ3) is 2.07. The summed E-state index contributed by atoms with van der Waals surface area (Å²) >= 11 is 0. The fourth-order valence-electron chi connectivity index (χ4n) is 2.77. The Balaban J connectivity index is 2.37. The Bertz CT molecular complexity index is 377. The van der Waals surface area contributed by atoms with Crippen LogP contribution in [0.5, 0.6) is 0 Å². The Morgan fingerprint density at radius 2 is 1.75 bits per heavy atom. The highest BCUT2D eigenvalue weighted by atomic mass is 16.3. The van der Waals surface area contributed by atoms with Crippen LogP contribution in [0.4, 0.5) is 5.69 Å². The van der Waals surface area contributed by atoms with Gasteiger partial charge in [-0.3, -0.25) is 0 Å². The summed E-state index contributed by atoms with van der Waals surface area (Å²) in [6.07, 6.45) is 0.649. The minimum Gasteiger partial charge on any atom is -0.391 e. The van der Waals surface area contributed by atoms with Crippen molar-refractivity contribution in [2.24, 2.45) is 0 Å². The first-order valence-electron chi connectivity index (χ1n) is 5.92. The zero-order valence-corrected chi connectivity index (χ0v) is 10.6. The lowest BCUT2D eigenvalue weighted by Gasteiger charge is -2.33. The van der Waals surface area contributed by atoms with Gasteiger partial charge in [-0.1, -0.05) is 6.07 Å². The number of aliphatic hydroxyl groups is 1. The van der Waals surface area contributed by atoms with Crippen LogP contribution in [0, 0.1) is 13.8 Å². The van der Waals surface area contributed by atoms with Crippen molar-refractivity contribution >= 4 is 5.69 Å². The van der Waals surface area contributed by atoms with E-state index in [2.05, 4.69) is 50.8 Å². The van der Waals surface area contributed by atoms with Crippen molar-refractivity contribution in [2.75, 3.05) is 11.4 Å². The number of rotatable bonds is 1. The number of hydrogen-bond acceptors (Lipinski definition) is 2. The molecule has 1 atom stereocenters. The van der Waals surface area contributed by atoms with Gasteiger partial charge in [0.05, 0.1) is 6.10 Å². The second kappa shape index (κ2) is 3.77. The monoisotopic (exact) mass is 219 g/mol. The van der Waals surface area contributed by atoms with E-state index in [9.17, 15) is 5.11 Å². The minimum atomic E-state index is -0.198. The topological polar surface area (TPSA) is 23.5 Å². The Hall–Kier alpha value is -1.02. The van der Waals surface area contributed by atoms with E-state index in [1.165, 1.54) is 16.8 Å². The molecule has 1 unspecified atom stereocenters. The minimum absolute atomic E-state index is 0.0552. The maximum absolute atomic E-state index is 9.79. The van der Waals surface area contributed by atoms with Crippen molar-refractivity contribution in [1.29, 1.82) is 0 Å². The second-order valence-electron chi connectivity index (χ2n) is 5.63. The van der Waals surface area contributed by atoms with Crippen molar-refractivity contribution in [3.8, 4) is 0 Å². The average molecular weight is 219 g/mol. The van der Waals surface area contributed by atoms with Gasteiger partial charge < -0.3 is 10.0 Å². The lowest BCUT2D eigenvalue weighted by molar-refractivity contribution is 0.188. The Kier molecular flexibility index (Phi) is 2.70. The number of hydrogen-bond donors (Lipinski definition) is 1. The number of benzene rings is 1. The normalized spacial score (nSPS) is 23.8. The predicted octanol–water partition coefficient (Wildman–Crippen LogP) is 2.65. The van der Waals surface area contributed by atoms with Crippen molar-refractivity contribution < 1.29 is 5.11 Å². The summed E-state index contributed by atoms with van der Waals surface area (Å²) in [5.74, 6) is 0. The quantitative estimate of drug-likeness (QED) is 0.785. The summed E-state index contributed by atoms with van der Waals surface area (Å²) in [5.41, 5.74) is 3.86. The third-order valence-electron chi connectivity index (χ3n) is 3.38. The van der Waals surface area contributed by atoms with Gasteiger partial charge in [-0.2, -0.15) is 0 Å². The molecule has 0 spiro atoms. The van der Waals surface area contributed by atoms with Crippen LogP contribution in [0.25, 0.3) is 0 Å². The number of β-amino-alcohol motifs (C(OH)–C–C–N with tert-alkyl or cyclic N) is 1. The molecule has 2 heteroatoms.